The molecule has 104 valence electrons. The molecule has 0 fully saturated rings. The van der Waals surface area contributed by atoms with E-state index in [0.29, 0.717) is 37.5 Å². The molecule has 0 aliphatic rings. The van der Waals surface area contributed by atoms with E-state index < -0.39 is 0 Å². The molecule has 1 aromatic heterocycles. The number of aromatic nitrogens is 3. The largest absolute Gasteiger partial charge is 0.464 e. The van der Waals surface area contributed by atoms with Gasteiger partial charge in [-0.15, -0.1) is 0 Å². The van der Waals surface area contributed by atoms with Gasteiger partial charge in [-0.3, -0.25) is 0 Å². The molecule has 0 radical (unpaired) electrons. The summed E-state index contributed by atoms with van der Waals surface area (Å²) in [4.78, 5) is 14.7. The molecule has 0 aromatic carbocycles. The molecule has 19 heavy (non-hydrogen) atoms. The zero-order valence-corrected chi connectivity index (χ0v) is 11.7. The van der Waals surface area contributed by atoms with Crippen molar-refractivity contribution in [3.63, 3.8) is 0 Å². The Kier molecular flexibility index (Phi) is 6.36. The average molecular weight is 264 g/mol. The van der Waals surface area contributed by atoms with E-state index in [1.54, 1.807) is 0 Å². The van der Waals surface area contributed by atoms with Crippen LogP contribution in [0.3, 0.4) is 0 Å². The first-order chi connectivity index (χ1) is 9.24. The Morgan fingerprint density at radius 2 is 2.05 bits per heavy atom. The lowest BCUT2D eigenvalue weighted by molar-refractivity contribution is 0.312. The number of ether oxygens (including phenoxy) is 1. The van der Waals surface area contributed by atoms with Gasteiger partial charge in [-0.05, 0) is 20.8 Å². The normalized spacial score (nSPS) is 9.79. The van der Waals surface area contributed by atoms with Crippen molar-refractivity contribution in [2.45, 2.75) is 27.2 Å². The van der Waals surface area contributed by atoms with Gasteiger partial charge in [0.1, 0.15) is 0 Å². The third-order valence-corrected chi connectivity index (χ3v) is 2.37. The van der Waals surface area contributed by atoms with Crippen molar-refractivity contribution >= 4 is 11.9 Å². The van der Waals surface area contributed by atoms with Crippen molar-refractivity contribution in [3.05, 3.63) is 0 Å². The van der Waals surface area contributed by atoms with Crippen LogP contribution in [0.4, 0.5) is 11.9 Å². The van der Waals surface area contributed by atoms with Crippen LogP contribution in [-0.4, -0.2) is 41.2 Å². The van der Waals surface area contributed by atoms with Crippen molar-refractivity contribution in [3.8, 4) is 12.1 Å². The zero-order valence-electron chi connectivity index (χ0n) is 11.7. The Labute approximate surface area is 113 Å². The number of nitriles is 1. The fourth-order valence-corrected chi connectivity index (χ4v) is 1.50. The number of hydrogen-bond acceptors (Lipinski definition) is 7. The number of nitrogens with zero attached hydrogens (tertiary/aromatic N) is 5. The standard InChI is InChI=1S/C12H20N6O/c1-4-14-10-15-11(17-12(16-10)19-6-3)18(5-2)9-7-8-13/h4-7,9H2,1-3H3,(H,14,15,16,17). The summed E-state index contributed by atoms with van der Waals surface area (Å²) in [6.07, 6.45) is 0.431. The van der Waals surface area contributed by atoms with E-state index in [2.05, 4.69) is 26.3 Å². The average Bonchev–Trinajstić information content (AvgIpc) is 2.40. The lowest BCUT2D eigenvalue weighted by Crippen LogP contribution is -2.26. The summed E-state index contributed by atoms with van der Waals surface area (Å²) in [6, 6.07) is 2.43. The van der Waals surface area contributed by atoms with Crippen LogP contribution < -0.4 is 15.0 Å². The van der Waals surface area contributed by atoms with E-state index in [9.17, 15) is 0 Å². The zero-order chi connectivity index (χ0) is 14.1. The monoisotopic (exact) mass is 264 g/mol. The number of nitrogens with one attached hydrogen (secondary N) is 1. The number of rotatable bonds is 8. The first-order valence-corrected chi connectivity index (χ1v) is 6.49. The van der Waals surface area contributed by atoms with Gasteiger partial charge in [0.05, 0.1) is 19.1 Å². The van der Waals surface area contributed by atoms with E-state index in [0.717, 1.165) is 13.1 Å². The summed E-state index contributed by atoms with van der Waals surface area (Å²) in [5.41, 5.74) is 0. The minimum atomic E-state index is 0.304. The van der Waals surface area contributed by atoms with E-state index in [-0.39, 0.29) is 0 Å². The Balaban J connectivity index is 2.98. The van der Waals surface area contributed by atoms with Crippen LogP contribution in [-0.2, 0) is 0 Å². The Morgan fingerprint density at radius 3 is 2.63 bits per heavy atom. The molecule has 1 rings (SSSR count). The molecule has 0 saturated heterocycles. The molecular formula is C12H20N6O. The van der Waals surface area contributed by atoms with Crippen LogP contribution in [0.5, 0.6) is 6.01 Å². The SMILES string of the molecule is CCNc1nc(OCC)nc(N(CC)CCC#N)n1. The summed E-state index contributed by atoms with van der Waals surface area (Å²) < 4.78 is 5.34. The van der Waals surface area contributed by atoms with E-state index in [1.165, 1.54) is 0 Å². The van der Waals surface area contributed by atoms with E-state index in [4.69, 9.17) is 10.00 Å². The van der Waals surface area contributed by atoms with Gasteiger partial charge in [-0.1, -0.05) is 0 Å². The van der Waals surface area contributed by atoms with Gasteiger partial charge in [-0.2, -0.15) is 20.2 Å². The van der Waals surface area contributed by atoms with Gasteiger partial charge in [-0.25, -0.2) is 0 Å². The fraction of sp³-hybridized carbons (Fsp3) is 0.667. The highest BCUT2D eigenvalue weighted by molar-refractivity contribution is 5.38. The van der Waals surface area contributed by atoms with Crippen molar-refractivity contribution in [1.82, 2.24) is 15.0 Å². The third-order valence-electron chi connectivity index (χ3n) is 2.37. The molecule has 0 amide bonds. The first-order valence-electron chi connectivity index (χ1n) is 6.49. The van der Waals surface area contributed by atoms with E-state index >= 15 is 0 Å². The Bertz CT molecular complexity index is 406. The minimum Gasteiger partial charge on any atom is -0.464 e. The quantitative estimate of drug-likeness (QED) is 0.760. The number of hydrogen-bond donors (Lipinski definition) is 1. The van der Waals surface area contributed by atoms with Gasteiger partial charge in [0, 0.05) is 19.6 Å². The van der Waals surface area contributed by atoms with Gasteiger partial charge in [0.15, 0.2) is 0 Å². The Hall–Kier alpha value is -2.10. The van der Waals surface area contributed by atoms with Gasteiger partial charge in [0.2, 0.25) is 11.9 Å². The second-order valence-corrected chi connectivity index (χ2v) is 3.69. The van der Waals surface area contributed by atoms with Crippen molar-refractivity contribution < 1.29 is 4.74 Å². The van der Waals surface area contributed by atoms with Gasteiger partial charge < -0.3 is 15.0 Å². The topological polar surface area (TPSA) is 87.0 Å². The molecule has 0 aliphatic carbocycles. The molecule has 1 aromatic rings. The molecule has 7 heteroatoms. The predicted octanol–water partition coefficient (Wildman–Crippen LogP) is 1.44. The summed E-state index contributed by atoms with van der Waals surface area (Å²) in [7, 11) is 0. The van der Waals surface area contributed by atoms with Gasteiger partial charge >= 0.3 is 6.01 Å². The molecule has 7 nitrogen and oxygen atoms in total. The maximum atomic E-state index is 8.67. The summed E-state index contributed by atoms with van der Waals surface area (Å²) in [6.45, 7) is 8.38. The Morgan fingerprint density at radius 1 is 1.26 bits per heavy atom. The molecule has 0 spiro atoms. The highest BCUT2D eigenvalue weighted by Crippen LogP contribution is 2.15. The second-order valence-electron chi connectivity index (χ2n) is 3.69. The van der Waals surface area contributed by atoms with Crippen molar-refractivity contribution in [2.24, 2.45) is 0 Å². The molecule has 0 atom stereocenters. The van der Waals surface area contributed by atoms with Crippen LogP contribution in [0.25, 0.3) is 0 Å². The summed E-state index contributed by atoms with van der Waals surface area (Å²) in [5.74, 6) is 1.03. The smallest absolute Gasteiger partial charge is 0.323 e. The molecular weight excluding hydrogens is 244 g/mol. The molecule has 0 unspecified atom stereocenters. The highest BCUT2D eigenvalue weighted by atomic mass is 16.5. The van der Waals surface area contributed by atoms with Gasteiger partial charge in [0.25, 0.3) is 0 Å². The van der Waals surface area contributed by atoms with Crippen LogP contribution in [0.15, 0.2) is 0 Å². The van der Waals surface area contributed by atoms with Crippen LogP contribution in [0, 0.1) is 11.3 Å². The van der Waals surface area contributed by atoms with E-state index in [1.807, 2.05) is 25.7 Å². The minimum absolute atomic E-state index is 0.304. The molecule has 1 heterocycles. The summed E-state index contributed by atoms with van der Waals surface area (Å²) >= 11 is 0. The lowest BCUT2D eigenvalue weighted by atomic mass is 10.4. The predicted molar refractivity (Wildman–Crippen MR) is 73.3 cm³/mol. The van der Waals surface area contributed by atoms with Crippen LogP contribution in [0.2, 0.25) is 0 Å². The number of anilines is 2. The first kappa shape index (κ1) is 15.0. The fourth-order valence-electron chi connectivity index (χ4n) is 1.50. The van der Waals surface area contributed by atoms with Crippen LogP contribution in [0.1, 0.15) is 27.2 Å². The second kappa shape index (κ2) is 8.08. The third kappa shape index (κ3) is 4.58. The highest BCUT2D eigenvalue weighted by Gasteiger charge is 2.12. The molecule has 0 aliphatic heterocycles. The van der Waals surface area contributed by atoms with Crippen molar-refractivity contribution in [2.75, 3.05) is 36.5 Å². The molecule has 0 saturated carbocycles. The van der Waals surface area contributed by atoms with Crippen LogP contribution >= 0.6 is 0 Å². The maximum absolute atomic E-state index is 8.67. The van der Waals surface area contributed by atoms with Crippen molar-refractivity contribution in [1.29, 1.82) is 5.26 Å². The molecule has 1 N–H and O–H groups in total. The lowest BCUT2D eigenvalue weighted by Gasteiger charge is -2.20. The molecule has 0 bridgehead atoms. The maximum Gasteiger partial charge on any atom is 0.323 e. The summed E-state index contributed by atoms with van der Waals surface area (Å²) in [5, 5.41) is 11.7.